The van der Waals surface area contributed by atoms with Gasteiger partial charge in [-0.15, -0.1) is 17.4 Å². The first-order valence-electron chi connectivity index (χ1n) is 5.77. The van der Waals surface area contributed by atoms with Gasteiger partial charge in [-0.3, -0.25) is 4.55 Å². The number of hydroxylamine groups is 2. The number of rotatable bonds is 7. The molecule has 1 rings (SSSR count). The van der Waals surface area contributed by atoms with Crippen LogP contribution >= 0.6 is 0 Å². The summed E-state index contributed by atoms with van der Waals surface area (Å²) in [5.41, 5.74) is 5.65. The summed E-state index contributed by atoms with van der Waals surface area (Å²) in [6.07, 6.45) is 5.04. The predicted molar refractivity (Wildman–Crippen MR) is 75.6 cm³/mol. The topological polar surface area (TPSA) is 108 Å². The summed E-state index contributed by atoms with van der Waals surface area (Å²) in [7, 11) is -4.66. The zero-order valence-electron chi connectivity index (χ0n) is 11.1. The van der Waals surface area contributed by atoms with E-state index in [1.54, 1.807) is 25.2 Å². The highest BCUT2D eigenvalue weighted by Crippen LogP contribution is 2.17. The number of guanidine groups is 1. The van der Waals surface area contributed by atoms with Crippen molar-refractivity contribution in [3.63, 3.8) is 0 Å². The van der Waals surface area contributed by atoms with Crippen LogP contribution in [0.4, 0.5) is 0 Å². The lowest BCUT2D eigenvalue weighted by atomic mass is 10.2. The predicted octanol–water partition coefficient (Wildman–Crippen LogP) is 0.255. The normalized spacial score (nSPS) is 19.1. The summed E-state index contributed by atoms with van der Waals surface area (Å²) in [5, 5.41) is 0.804. The van der Waals surface area contributed by atoms with Crippen LogP contribution in [0.25, 0.3) is 0 Å². The van der Waals surface area contributed by atoms with E-state index < -0.39 is 16.4 Å². The highest BCUT2D eigenvalue weighted by Gasteiger charge is 2.27. The fraction of sp³-hybridized carbons (Fsp3) is 0.364. The number of hydrogen-bond acceptors (Lipinski definition) is 7. The van der Waals surface area contributed by atoms with E-state index in [0.29, 0.717) is 18.9 Å². The summed E-state index contributed by atoms with van der Waals surface area (Å²) < 4.78 is 34.5. The molecule has 9 heteroatoms. The maximum Gasteiger partial charge on any atom is 0.418 e. The summed E-state index contributed by atoms with van der Waals surface area (Å²) >= 11 is 0. The van der Waals surface area contributed by atoms with Crippen LogP contribution in [0.1, 0.15) is 6.92 Å². The Balaban J connectivity index is 2.97. The Kier molecular flexibility index (Phi) is 5.31. The maximum absolute atomic E-state index is 10.7. The summed E-state index contributed by atoms with van der Waals surface area (Å²) in [6, 6.07) is -0.526. The minimum atomic E-state index is -4.66. The highest BCUT2D eigenvalue weighted by molar-refractivity contribution is 7.80. The quantitative estimate of drug-likeness (QED) is 0.512. The lowest BCUT2D eigenvalue weighted by Crippen LogP contribution is -2.47. The molecule has 0 aromatic rings. The van der Waals surface area contributed by atoms with Gasteiger partial charge in [0.15, 0.2) is 0 Å². The molecule has 1 aliphatic heterocycles. The molecule has 20 heavy (non-hydrogen) atoms. The van der Waals surface area contributed by atoms with Crippen LogP contribution in [0, 0.1) is 0 Å². The van der Waals surface area contributed by atoms with Gasteiger partial charge in [-0.2, -0.15) is 18.5 Å². The van der Waals surface area contributed by atoms with Gasteiger partial charge in [0, 0.05) is 13.1 Å². The van der Waals surface area contributed by atoms with Crippen LogP contribution in [0.2, 0.25) is 0 Å². The molecule has 1 unspecified atom stereocenters. The van der Waals surface area contributed by atoms with Crippen molar-refractivity contribution in [2.45, 2.75) is 13.0 Å². The van der Waals surface area contributed by atoms with Crippen molar-refractivity contribution in [3.8, 4) is 0 Å². The zero-order chi connectivity index (χ0) is 15.3. The zero-order valence-corrected chi connectivity index (χ0v) is 12.0. The number of nitrogens with zero attached hydrogens (tertiary/aromatic N) is 3. The van der Waals surface area contributed by atoms with Gasteiger partial charge in [0.25, 0.3) is 0 Å². The van der Waals surface area contributed by atoms with Crippen molar-refractivity contribution in [1.29, 1.82) is 0 Å². The third-order valence-electron chi connectivity index (χ3n) is 2.41. The Bertz CT molecular complexity index is 531. The SMILES string of the molecule is C=CCN(CC=C)C1=CC(C)N(OS(=O)(=O)O)C(N)=N1. The number of nitrogens with two attached hydrogens (primary N) is 1. The number of aliphatic imine (C=N–C) groups is 1. The first-order chi connectivity index (χ1) is 9.28. The van der Waals surface area contributed by atoms with Gasteiger partial charge < -0.3 is 10.6 Å². The molecule has 0 aliphatic carbocycles. The lowest BCUT2D eigenvalue weighted by Gasteiger charge is -2.32. The van der Waals surface area contributed by atoms with Crippen molar-refractivity contribution in [2.24, 2.45) is 10.7 Å². The van der Waals surface area contributed by atoms with Crippen LogP contribution in [-0.4, -0.2) is 48.0 Å². The molecule has 0 bridgehead atoms. The minimum Gasteiger partial charge on any atom is -0.368 e. The molecule has 1 atom stereocenters. The van der Waals surface area contributed by atoms with E-state index in [9.17, 15) is 8.42 Å². The average Bonchev–Trinajstić information content (AvgIpc) is 2.32. The Morgan fingerprint density at radius 2 is 2.10 bits per heavy atom. The molecule has 0 saturated carbocycles. The van der Waals surface area contributed by atoms with Gasteiger partial charge in [-0.25, -0.2) is 0 Å². The van der Waals surface area contributed by atoms with Crippen LogP contribution < -0.4 is 5.73 Å². The molecule has 0 fully saturated rings. The second-order valence-electron chi connectivity index (χ2n) is 4.05. The molecule has 3 N–H and O–H groups in total. The molecule has 8 nitrogen and oxygen atoms in total. The van der Waals surface area contributed by atoms with Gasteiger partial charge in [-0.1, -0.05) is 12.2 Å². The molecule has 0 aromatic carbocycles. The Labute approximate surface area is 118 Å². The second kappa shape index (κ2) is 6.55. The molecule has 0 spiro atoms. The second-order valence-corrected chi connectivity index (χ2v) is 5.05. The van der Waals surface area contributed by atoms with Crippen LogP contribution in [0.15, 0.2) is 42.2 Å². The molecule has 1 heterocycles. The Hall–Kier alpha value is -1.84. The number of hydrogen-bond donors (Lipinski definition) is 2. The molecule has 0 amide bonds. The van der Waals surface area contributed by atoms with E-state index in [0.717, 1.165) is 5.06 Å². The fourth-order valence-electron chi connectivity index (χ4n) is 1.65. The Morgan fingerprint density at radius 3 is 2.50 bits per heavy atom. The average molecular weight is 302 g/mol. The molecule has 1 aliphatic rings. The van der Waals surface area contributed by atoms with E-state index in [1.807, 2.05) is 4.90 Å². The Morgan fingerprint density at radius 1 is 1.55 bits per heavy atom. The summed E-state index contributed by atoms with van der Waals surface area (Å²) in [6.45, 7) is 10.00. The van der Waals surface area contributed by atoms with Crippen molar-refractivity contribution in [1.82, 2.24) is 9.96 Å². The largest absolute Gasteiger partial charge is 0.418 e. The molecular weight excluding hydrogens is 284 g/mol. The highest BCUT2D eigenvalue weighted by atomic mass is 32.3. The van der Waals surface area contributed by atoms with E-state index in [2.05, 4.69) is 22.4 Å². The van der Waals surface area contributed by atoms with Crippen molar-refractivity contribution >= 4 is 16.4 Å². The van der Waals surface area contributed by atoms with Crippen LogP contribution in [-0.2, 0) is 14.7 Å². The maximum atomic E-state index is 10.7. The molecule has 0 aromatic heterocycles. The van der Waals surface area contributed by atoms with E-state index >= 15 is 0 Å². The van der Waals surface area contributed by atoms with E-state index in [4.69, 9.17) is 10.3 Å². The van der Waals surface area contributed by atoms with Gasteiger partial charge in [0.1, 0.15) is 5.82 Å². The molecule has 112 valence electrons. The van der Waals surface area contributed by atoms with Gasteiger partial charge in [0.05, 0.1) is 6.04 Å². The van der Waals surface area contributed by atoms with Crippen LogP contribution in [0.5, 0.6) is 0 Å². The monoisotopic (exact) mass is 302 g/mol. The minimum absolute atomic E-state index is 0.175. The van der Waals surface area contributed by atoms with Crippen molar-refractivity contribution in [3.05, 3.63) is 37.2 Å². The van der Waals surface area contributed by atoms with Crippen molar-refractivity contribution < 1.29 is 17.3 Å². The molecule has 0 radical (unpaired) electrons. The first-order valence-corrected chi connectivity index (χ1v) is 7.14. The van der Waals surface area contributed by atoms with Crippen LogP contribution in [0.3, 0.4) is 0 Å². The van der Waals surface area contributed by atoms with Gasteiger partial charge in [-0.05, 0) is 13.0 Å². The third kappa shape index (κ3) is 4.37. The standard InChI is InChI=1S/C11H18N4O4S/c1-4-6-14(7-5-2)10-8-9(3)15(11(12)13-10)19-20(16,17)18/h4-5,8-9H,1-2,6-7H2,3H3,(H2,12,13)(H,16,17,18). The summed E-state index contributed by atoms with van der Waals surface area (Å²) in [4.78, 5) is 5.89. The third-order valence-corrected chi connectivity index (χ3v) is 2.76. The molecule has 0 saturated heterocycles. The van der Waals surface area contributed by atoms with Crippen molar-refractivity contribution in [2.75, 3.05) is 13.1 Å². The van der Waals surface area contributed by atoms with E-state index in [1.165, 1.54) is 0 Å². The smallest absolute Gasteiger partial charge is 0.368 e. The van der Waals surface area contributed by atoms with E-state index in [-0.39, 0.29) is 5.96 Å². The fourth-order valence-corrected chi connectivity index (χ4v) is 2.07. The molecular formula is C11H18N4O4S. The first kappa shape index (κ1) is 16.2. The van der Waals surface area contributed by atoms with Gasteiger partial charge in [0.2, 0.25) is 5.96 Å². The summed E-state index contributed by atoms with van der Waals surface area (Å²) in [5.74, 6) is 0.371. The van der Waals surface area contributed by atoms with Gasteiger partial charge >= 0.3 is 10.4 Å². The lowest BCUT2D eigenvalue weighted by molar-refractivity contribution is -0.00942.